The van der Waals surface area contributed by atoms with Crippen molar-refractivity contribution in [3.8, 4) is 0 Å². The number of carbonyl (C=O) groups is 3. The zero-order valence-electron chi connectivity index (χ0n) is 15.7. The summed E-state index contributed by atoms with van der Waals surface area (Å²) < 4.78 is 4.90. The van der Waals surface area contributed by atoms with Gasteiger partial charge < -0.3 is 15.4 Å². The van der Waals surface area contributed by atoms with Gasteiger partial charge in [0.1, 0.15) is 6.42 Å². The summed E-state index contributed by atoms with van der Waals surface area (Å²) in [7, 11) is 0. The van der Waals surface area contributed by atoms with E-state index in [0.717, 1.165) is 0 Å². The third-order valence-corrected chi connectivity index (χ3v) is 3.86. The molecule has 2 amide bonds. The number of benzene rings is 2. The average molecular weight is 368 g/mol. The summed E-state index contributed by atoms with van der Waals surface area (Å²) in [5, 5.41) is 5.33. The van der Waals surface area contributed by atoms with Crippen molar-refractivity contribution in [3.05, 3.63) is 59.7 Å². The Labute approximate surface area is 158 Å². The maximum absolute atomic E-state index is 12.0. The summed E-state index contributed by atoms with van der Waals surface area (Å²) in [5.74, 6) is -0.836. The van der Waals surface area contributed by atoms with E-state index in [0.29, 0.717) is 29.5 Å². The zero-order chi connectivity index (χ0) is 19.8. The quantitative estimate of drug-likeness (QED) is 0.572. The monoisotopic (exact) mass is 368 g/mol. The van der Waals surface area contributed by atoms with Crippen molar-refractivity contribution in [1.29, 1.82) is 0 Å². The third-order valence-electron chi connectivity index (χ3n) is 3.86. The SMILES string of the molecule is CCOC(=O)c1ccc(NC(=O)CC(=O)Nc2ccc(C(C)C)cc2)cc1. The lowest BCUT2D eigenvalue weighted by atomic mass is 10.0. The van der Waals surface area contributed by atoms with Gasteiger partial charge >= 0.3 is 5.97 Å². The van der Waals surface area contributed by atoms with E-state index in [1.54, 1.807) is 31.2 Å². The molecule has 0 unspecified atom stereocenters. The standard InChI is InChI=1S/C21H24N2O4/c1-4-27-21(26)16-7-11-18(12-8-16)23-20(25)13-19(24)22-17-9-5-15(6-10-17)14(2)3/h5-12,14H,4,13H2,1-3H3,(H,22,24)(H,23,25). The number of hydrogen-bond acceptors (Lipinski definition) is 4. The summed E-state index contributed by atoms with van der Waals surface area (Å²) in [5.41, 5.74) is 2.73. The van der Waals surface area contributed by atoms with Gasteiger partial charge in [-0.15, -0.1) is 0 Å². The highest BCUT2D eigenvalue weighted by Crippen LogP contribution is 2.17. The minimum atomic E-state index is -0.435. The molecule has 27 heavy (non-hydrogen) atoms. The molecular formula is C21H24N2O4. The third kappa shape index (κ3) is 6.26. The highest BCUT2D eigenvalue weighted by Gasteiger charge is 2.11. The first kappa shape index (κ1) is 20.2. The van der Waals surface area contributed by atoms with Crippen molar-refractivity contribution >= 4 is 29.2 Å². The number of ether oxygens (including phenoxy) is 1. The van der Waals surface area contributed by atoms with Crippen LogP contribution in [-0.4, -0.2) is 24.4 Å². The Morgan fingerprint density at radius 2 is 1.33 bits per heavy atom. The lowest BCUT2D eigenvalue weighted by Crippen LogP contribution is -2.21. The van der Waals surface area contributed by atoms with Gasteiger partial charge in [-0.3, -0.25) is 9.59 Å². The molecule has 0 saturated heterocycles. The molecule has 2 aromatic carbocycles. The van der Waals surface area contributed by atoms with Gasteiger partial charge in [-0.1, -0.05) is 26.0 Å². The molecule has 0 heterocycles. The topological polar surface area (TPSA) is 84.5 Å². The smallest absolute Gasteiger partial charge is 0.338 e. The number of rotatable bonds is 7. The molecule has 0 saturated carbocycles. The van der Waals surface area contributed by atoms with Crippen molar-refractivity contribution < 1.29 is 19.1 Å². The fourth-order valence-electron chi connectivity index (χ4n) is 2.41. The van der Waals surface area contributed by atoms with Crippen molar-refractivity contribution in [1.82, 2.24) is 0 Å². The Bertz CT molecular complexity index is 796. The van der Waals surface area contributed by atoms with Gasteiger partial charge in [-0.05, 0) is 54.8 Å². The van der Waals surface area contributed by atoms with E-state index in [2.05, 4.69) is 24.5 Å². The summed E-state index contributed by atoms with van der Waals surface area (Å²) in [6, 6.07) is 13.8. The highest BCUT2D eigenvalue weighted by molar-refractivity contribution is 6.08. The van der Waals surface area contributed by atoms with Gasteiger partial charge in [-0.2, -0.15) is 0 Å². The van der Waals surface area contributed by atoms with E-state index in [9.17, 15) is 14.4 Å². The number of nitrogens with one attached hydrogen (secondary N) is 2. The highest BCUT2D eigenvalue weighted by atomic mass is 16.5. The molecule has 0 aliphatic heterocycles. The molecule has 6 heteroatoms. The van der Waals surface area contributed by atoms with Crippen LogP contribution in [-0.2, 0) is 14.3 Å². The van der Waals surface area contributed by atoms with Gasteiger partial charge in [0, 0.05) is 11.4 Å². The number of esters is 1. The van der Waals surface area contributed by atoms with E-state index >= 15 is 0 Å². The molecule has 142 valence electrons. The molecule has 0 atom stereocenters. The van der Waals surface area contributed by atoms with E-state index in [1.165, 1.54) is 5.56 Å². The van der Waals surface area contributed by atoms with Crippen LogP contribution in [0.2, 0.25) is 0 Å². The van der Waals surface area contributed by atoms with Crippen molar-refractivity contribution in [2.45, 2.75) is 33.1 Å². The molecule has 0 bridgehead atoms. The number of hydrogen-bond donors (Lipinski definition) is 2. The maximum atomic E-state index is 12.0. The van der Waals surface area contributed by atoms with Gasteiger partial charge in [0.15, 0.2) is 0 Å². The second-order valence-corrected chi connectivity index (χ2v) is 6.35. The van der Waals surface area contributed by atoms with E-state index in [4.69, 9.17) is 4.74 Å². The number of carbonyl (C=O) groups excluding carboxylic acids is 3. The average Bonchev–Trinajstić information content (AvgIpc) is 2.62. The molecule has 0 radical (unpaired) electrons. The summed E-state index contributed by atoms with van der Waals surface area (Å²) >= 11 is 0. The summed E-state index contributed by atoms with van der Waals surface area (Å²) in [4.78, 5) is 35.6. The second-order valence-electron chi connectivity index (χ2n) is 6.35. The van der Waals surface area contributed by atoms with Gasteiger partial charge in [0.25, 0.3) is 0 Å². The van der Waals surface area contributed by atoms with Crippen LogP contribution < -0.4 is 10.6 Å². The Hall–Kier alpha value is -3.15. The van der Waals surface area contributed by atoms with Crippen molar-refractivity contribution in [2.24, 2.45) is 0 Å². The predicted molar refractivity (Wildman–Crippen MR) is 105 cm³/mol. The molecule has 0 aliphatic rings. The van der Waals surface area contributed by atoms with Crippen molar-refractivity contribution in [3.63, 3.8) is 0 Å². The van der Waals surface area contributed by atoms with Crippen LogP contribution >= 0.6 is 0 Å². The van der Waals surface area contributed by atoms with E-state index < -0.39 is 17.8 Å². The summed E-state index contributed by atoms with van der Waals surface area (Å²) in [6.07, 6.45) is -0.300. The van der Waals surface area contributed by atoms with Crippen molar-refractivity contribution in [2.75, 3.05) is 17.2 Å². The molecule has 6 nitrogen and oxygen atoms in total. The number of amides is 2. The van der Waals surface area contributed by atoms with Crippen LogP contribution in [0, 0.1) is 0 Å². The van der Waals surface area contributed by atoms with Crippen LogP contribution in [0.4, 0.5) is 11.4 Å². The summed E-state index contributed by atoms with van der Waals surface area (Å²) in [6.45, 7) is 6.22. The normalized spacial score (nSPS) is 10.4. The molecule has 0 aromatic heterocycles. The van der Waals surface area contributed by atoms with Crippen LogP contribution in [0.1, 0.15) is 49.0 Å². The Balaban J connectivity index is 1.85. The lowest BCUT2D eigenvalue weighted by molar-refractivity contribution is -0.123. The van der Waals surface area contributed by atoms with Crippen LogP contribution in [0.3, 0.4) is 0 Å². The zero-order valence-corrected chi connectivity index (χ0v) is 15.7. The predicted octanol–water partition coefficient (Wildman–Crippen LogP) is 3.95. The molecule has 0 aliphatic carbocycles. The molecular weight excluding hydrogens is 344 g/mol. The van der Waals surface area contributed by atoms with E-state index in [-0.39, 0.29) is 6.42 Å². The fourth-order valence-corrected chi connectivity index (χ4v) is 2.41. The molecule has 2 rings (SSSR count). The van der Waals surface area contributed by atoms with Gasteiger partial charge in [0.2, 0.25) is 11.8 Å². The molecule has 0 fully saturated rings. The molecule has 0 spiro atoms. The van der Waals surface area contributed by atoms with Gasteiger partial charge in [-0.25, -0.2) is 4.79 Å². The first-order valence-electron chi connectivity index (χ1n) is 8.86. The second kappa shape index (κ2) is 9.52. The first-order valence-corrected chi connectivity index (χ1v) is 8.86. The largest absolute Gasteiger partial charge is 0.462 e. The minimum Gasteiger partial charge on any atom is -0.462 e. The van der Waals surface area contributed by atoms with Crippen LogP contribution in [0.5, 0.6) is 0 Å². The lowest BCUT2D eigenvalue weighted by Gasteiger charge is -2.09. The molecule has 2 N–H and O–H groups in total. The maximum Gasteiger partial charge on any atom is 0.338 e. The number of anilines is 2. The van der Waals surface area contributed by atoms with Crippen LogP contribution in [0.25, 0.3) is 0 Å². The fraction of sp³-hybridized carbons (Fsp3) is 0.286. The first-order chi connectivity index (χ1) is 12.9. The molecule has 2 aromatic rings. The Kier molecular flexibility index (Phi) is 7.11. The van der Waals surface area contributed by atoms with Gasteiger partial charge in [0.05, 0.1) is 12.2 Å². The Morgan fingerprint density at radius 3 is 1.78 bits per heavy atom. The Morgan fingerprint density at radius 1 is 0.852 bits per heavy atom. The van der Waals surface area contributed by atoms with E-state index in [1.807, 2.05) is 24.3 Å². The minimum absolute atomic E-state index is 0.298. The van der Waals surface area contributed by atoms with Crippen LogP contribution in [0.15, 0.2) is 48.5 Å².